The molecule has 1 aromatic carbocycles. The summed E-state index contributed by atoms with van der Waals surface area (Å²) in [7, 11) is 1.63. The first-order valence-electron chi connectivity index (χ1n) is 16.1. The van der Waals surface area contributed by atoms with Crippen LogP contribution in [0.25, 0.3) is 0 Å². The van der Waals surface area contributed by atoms with Crippen molar-refractivity contribution in [2.75, 3.05) is 73.1 Å². The standard InChI is InChI=1S/C34H48N2O13/c1-27(37)5-10-30(38)45-17-3-4-18-46-31(39)11-13-33(41)48-23-21-44-22-24-49-34(42)14-12-32(40)47-20-16-36-26-29-8-6-28(7-9-29)25-35-15-19-43-2/h6-9,25-26H,3-5,10-24H2,1-2H3/b35-25+,36-26+. The van der Waals surface area contributed by atoms with Crippen molar-refractivity contribution in [3.8, 4) is 0 Å². The molecule has 1 rings (SSSR count). The van der Waals surface area contributed by atoms with E-state index in [9.17, 15) is 28.8 Å². The number of unbranched alkanes of at least 4 members (excludes halogenated alkanes) is 1. The van der Waals surface area contributed by atoms with Crippen molar-refractivity contribution in [1.82, 2.24) is 0 Å². The van der Waals surface area contributed by atoms with Gasteiger partial charge < -0.3 is 38.0 Å². The Morgan fingerprint density at radius 2 is 0.878 bits per heavy atom. The first-order chi connectivity index (χ1) is 23.7. The molecule has 0 amide bonds. The molecule has 15 heteroatoms. The van der Waals surface area contributed by atoms with Gasteiger partial charge in [0.15, 0.2) is 0 Å². The summed E-state index contributed by atoms with van der Waals surface area (Å²) in [6, 6.07) is 7.65. The summed E-state index contributed by atoms with van der Waals surface area (Å²) in [6.07, 6.45) is 4.08. The summed E-state index contributed by atoms with van der Waals surface area (Å²) in [4.78, 5) is 77.9. The molecule has 0 N–H and O–H groups in total. The van der Waals surface area contributed by atoms with Gasteiger partial charge >= 0.3 is 29.8 Å². The lowest BCUT2D eigenvalue weighted by Crippen LogP contribution is -2.16. The quantitative estimate of drug-likeness (QED) is 0.0539. The van der Waals surface area contributed by atoms with Gasteiger partial charge in [-0.05, 0) is 30.9 Å². The Kier molecular flexibility index (Phi) is 24.7. The number of rotatable bonds is 28. The maximum atomic E-state index is 11.8. The third-order valence-electron chi connectivity index (χ3n) is 6.12. The first-order valence-corrected chi connectivity index (χ1v) is 16.1. The minimum Gasteiger partial charge on any atom is -0.466 e. The van der Waals surface area contributed by atoms with Gasteiger partial charge in [-0.1, -0.05) is 24.3 Å². The third-order valence-corrected chi connectivity index (χ3v) is 6.12. The fourth-order valence-electron chi connectivity index (χ4n) is 3.52. The number of methoxy groups -OCH3 is 1. The third kappa shape index (κ3) is 26.2. The van der Waals surface area contributed by atoms with Crippen molar-refractivity contribution >= 4 is 48.1 Å². The van der Waals surface area contributed by atoms with Gasteiger partial charge in [-0.15, -0.1) is 0 Å². The summed E-state index contributed by atoms with van der Waals surface area (Å²) in [5.41, 5.74) is 1.87. The summed E-state index contributed by atoms with van der Waals surface area (Å²) in [5, 5.41) is 0. The molecule has 0 saturated carbocycles. The van der Waals surface area contributed by atoms with E-state index in [2.05, 4.69) is 9.98 Å². The predicted molar refractivity (Wildman–Crippen MR) is 176 cm³/mol. The molecular formula is C34H48N2O13. The van der Waals surface area contributed by atoms with E-state index in [0.29, 0.717) is 26.0 Å². The van der Waals surface area contributed by atoms with Crippen LogP contribution in [0.5, 0.6) is 0 Å². The van der Waals surface area contributed by atoms with Crippen LogP contribution in [0.4, 0.5) is 0 Å². The van der Waals surface area contributed by atoms with E-state index >= 15 is 0 Å². The van der Waals surface area contributed by atoms with Gasteiger partial charge in [0.2, 0.25) is 0 Å². The minimum absolute atomic E-state index is 0.0354. The second-order valence-corrected chi connectivity index (χ2v) is 10.4. The average Bonchev–Trinajstić information content (AvgIpc) is 3.08. The maximum Gasteiger partial charge on any atom is 0.306 e. The minimum atomic E-state index is -0.589. The molecule has 0 fully saturated rings. The molecule has 0 bridgehead atoms. The summed E-state index contributed by atoms with van der Waals surface area (Å²) in [5.74, 6) is -2.77. The average molecular weight is 693 g/mol. The molecule has 0 atom stereocenters. The number of carbonyl (C=O) groups is 6. The number of benzene rings is 1. The van der Waals surface area contributed by atoms with E-state index < -0.39 is 29.8 Å². The number of ketones is 1. The Bertz CT molecular complexity index is 1200. The molecule has 0 radical (unpaired) electrons. The number of carbonyl (C=O) groups excluding carboxylic acids is 6. The molecule has 0 aliphatic rings. The Hall–Kier alpha value is -4.50. The zero-order valence-electron chi connectivity index (χ0n) is 28.4. The highest BCUT2D eigenvalue weighted by molar-refractivity contribution is 5.84. The van der Waals surface area contributed by atoms with E-state index in [4.69, 9.17) is 33.2 Å². The second kappa shape index (κ2) is 28.5. The van der Waals surface area contributed by atoms with Crippen LogP contribution >= 0.6 is 0 Å². The number of nitrogens with zero attached hydrogens (tertiary/aromatic N) is 2. The van der Waals surface area contributed by atoms with Gasteiger partial charge in [0, 0.05) is 26.0 Å². The normalized spacial score (nSPS) is 11.0. The summed E-state index contributed by atoms with van der Waals surface area (Å²) in [6.45, 7) is 3.30. The van der Waals surface area contributed by atoms with Crippen LogP contribution in [0.15, 0.2) is 34.3 Å². The number of Topliss-reactive ketones (excluding diaryl/α,β-unsaturated/α-hetero) is 1. The Balaban J connectivity index is 1.96. The molecule has 0 spiro atoms. The van der Waals surface area contributed by atoms with Crippen molar-refractivity contribution in [3.05, 3.63) is 35.4 Å². The number of aliphatic imine (C=N–C) groups is 2. The molecule has 49 heavy (non-hydrogen) atoms. The topological polar surface area (TPSA) is 192 Å². The van der Waals surface area contributed by atoms with Crippen LogP contribution < -0.4 is 0 Å². The van der Waals surface area contributed by atoms with E-state index in [0.717, 1.165) is 11.1 Å². The lowest BCUT2D eigenvalue weighted by atomic mass is 10.1. The van der Waals surface area contributed by atoms with Crippen LogP contribution in [-0.2, 0) is 61.9 Å². The van der Waals surface area contributed by atoms with Crippen LogP contribution in [0.2, 0.25) is 0 Å². The smallest absolute Gasteiger partial charge is 0.306 e. The molecule has 15 nitrogen and oxygen atoms in total. The van der Waals surface area contributed by atoms with E-state index in [1.807, 2.05) is 24.3 Å². The Morgan fingerprint density at radius 1 is 0.510 bits per heavy atom. The molecule has 0 unspecified atom stereocenters. The van der Waals surface area contributed by atoms with Gasteiger partial charge in [0.1, 0.15) is 25.6 Å². The van der Waals surface area contributed by atoms with Gasteiger partial charge in [-0.2, -0.15) is 0 Å². The maximum absolute atomic E-state index is 11.8. The number of hydrogen-bond acceptors (Lipinski definition) is 15. The van der Waals surface area contributed by atoms with Crippen molar-refractivity contribution in [3.63, 3.8) is 0 Å². The van der Waals surface area contributed by atoms with Crippen LogP contribution in [0.1, 0.15) is 69.4 Å². The first kappa shape index (κ1) is 42.5. The van der Waals surface area contributed by atoms with Gasteiger partial charge in [-0.3, -0.25) is 34.0 Å². The van der Waals surface area contributed by atoms with E-state index in [1.165, 1.54) is 6.92 Å². The molecule has 0 saturated heterocycles. The van der Waals surface area contributed by atoms with Crippen molar-refractivity contribution in [2.24, 2.45) is 9.98 Å². The highest BCUT2D eigenvalue weighted by Crippen LogP contribution is 2.02. The molecule has 272 valence electrons. The zero-order valence-corrected chi connectivity index (χ0v) is 28.4. The van der Waals surface area contributed by atoms with Crippen molar-refractivity contribution < 1.29 is 61.9 Å². The van der Waals surface area contributed by atoms with Crippen LogP contribution in [0.3, 0.4) is 0 Å². The van der Waals surface area contributed by atoms with E-state index in [1.54, 1.807) is 19.5 Å². The number of esters is 5. The van der Waals surface area contributed by atoms with Gasteiger partial charge in [0.05, 0.1) is 78.2 Å². The van der Waals surface area contributed by atoms with Gasteiger partial charge in [-0.25, -0.2) is 0 Å². The van der Waals surface area contributed by atoms with Crippen molar-refractivity contribution in [1.29, 1.82) is 0 Å². The largest absolute Gasteiger partial charge is 0.466 e. The lowest BCUT2D eigenvalue weighted by molar-refractivity contribution is -0.152. The monoisotopic (exact) mass is 692 g/mol. The van der Waals surface area contributed by atoms with Crippen LogP contribution in [0, 0.1) is 0 Å². The Labute approximate surface area is 286 Å². The summed E-state index contributed by atoms with van der Waals surface area (Å²) < 4.78 is 35.2. The van der Waals surface area contributed by atoms with Crippen molar-refractivity contribution in [2.45, 2.75) is 58.3 Å². The Morgan fingerprint density at radius 3 is 1.29 bits per heavy atom. The molecule has 0 aliphatic heterocycles. The molecule has 1 aromatic rings. The number of ether oxygens (including phenoxy) is 7. The highest BCUT2D eigenvalue weighted by atomic mass is 16.6. The predicted octanol–water partition coefficient (Wildman–Crippen LogP) is 2.61. The van der Waals surface area contributed by atoms with Gasteiger partial charge in [0.25, 0.3) is 0 Å². The molecule has 0 aliphatic carbocycles. The number of hydrogen-bond donors (Lipinski definition) is 0. The highest BCUT2D eigenvalue weighted by Gasteiger charge is 2.11. The molecular weight excluding hydrogens is 644 g/mol. The molecule has 0 heterocycles. The van der Waals surface area contributed by atoms with E-state index in [-0.39, 0.29) is 97.1 Å². The second-order valence-electron chi connectivity index (χ2n) is 10.4. The zero-order chi connectivity index (χ0) is 36.0. The summed E-state index contributed by atoms with van der Waals surface area (Å²) >= 11 is 0. The van der Waals surface area contributed by atoms with Crippen LogP contribution in [-0.4, -0.2) is 121 Å². The lowest BCUT2D eigenvalue weighted by Gasteiger charge is -2.08. The SMILES string of the molecule is COCC/N=C/c1ccc(/C=N/CCOC(=O)CCC(=O)OCCOCCOC(=O)CCC(=O)OCCCCOC(=O)CCC(C)=O)cc1. The fraction of sp³-hybridized carbons (Fsp3) is 0.588. The fourth-order valence-corrected chi connectivity index (χ4v) is 3.52. The molecule has 0 aromatic heterocycles.